The summed E-state index contributed by atoms with van der Waals surface area (Å²) in [5.41, 5.74) is 2.84. The monoisotopic (exact) mass is 260 g/mol. The van der Waals surface area contributed by atoms with Gasteiger partial charge in [0.15, 0.2) is 0 Å². The van der Waals surface area contributed by atoms with Crippen molar-refractivity contribution >= 4 is 11.6 Å². The van der Waals surface area contributed by atoms with Gasteiger partial charge in [-0.15, -0.1) is 0 Å². The highest BCUT2D eigenvalue weighted by molar-refractivity contribution is 6.00. The molecule has 3 heteroatoms. The summed E-state index contributed by atoms with van der Waals surface area (Å²) in [4.78, 5) is 12.3. The maximum Gasteiger partial charge on any atom is 0.253 e. The Morgan fingerprint density at radius 2 is 2.16 bits per heavy atom. The molecule has 104 valence electrons. The lowest BCUT2D eigenvalue weighted by atomic mass is 10.1. The van der Waals surface area contributed by atoms with Crippen LogP contribution in [0.3, 0.4) is 0 Å². The molecule has 3 nitrogen and oxygen atoms in total. The number of benzene rings is 1. The summed E-state index contributed by atoms with van der Waals surface area (Å²) >= 11 is 0. The second-order valence-electron chi connectivity index (χ2n) is 5.46. The van der Waals surface area contributed by atoms with Crippen molar-refractivity contribution in [3.63, 3.8) is 0 Å². The number of carbonyl (C=O) groups is 1. The lowest BCUT2D eigenvalue weighted by molar-refractivity contribution is 0.0949. The minimum Gasteiger partial charge on any atom is -0.384 e. The van der Waals surface area contributed by atoms with Gasteiger partial charge in [-0.2, -0.15) is 0 Å². The standard InChI is InChI=1S/C16H24N2O/c1-4-8-17-14-7-6-11(3)9-13(14)16(19)18-15-10-12(15)5-2/h6-7,9,12,15,17H,4-5,8,10H2,1-3H3,(H,18,19). The number of carbonyl (C=O) groups excluding carboxylic acids is 1. The van der Waals surface area contributed by atoms with E-state index in [1.165, 1.54) is 0 Å². The minimum absolute atomic E-state index is 0.0586. The van der Waals surface area contributed by atoms with Crippen molar-refractivity contribution in [2.24, 2.45) is 5.92 Å². The summed E-state index contributed by atoms with van der Waals surface area (Å²) < 4.78 is 0. The largest absolute Gasteiger partial charge is 0.384 e. The first-order valence-electron chi connectivity index (χ1n) is 7.31. The highest BCUT2D eigenvalue weighted by atomic mass is 16.1. The van der Waals surface area contributed by atoms with Crippen LogP contribution in [-0.4, -0.2) is 18.5 Å². The van der Waals surface area contributed by atoms with Gasteiger partial charge in [0.2, 0.25) is 0 Å². The quantitative estimate of drug-likeness (QED) is 0.823. The highest BCUT2D eigenvalue weighted by Gasteiger charge is 2.36. The van der Waals surface area contributed by atoms with Crippen LogP contribution in [0.1, 0.15) is 49.0 Å². The summed E-state index contributed by atoms with van der Waals surface area (Å²) in [6.07, 6.45) is 3.33. The second kappa shape index (κ2) is 6.09. The fourth-order valence-electron chi connectivity index (χ4n) is 2.38. The summed E-state index contributed by atoms with van der Waals surface area (Å²) in [5, 5.41) is 6.47. The van der Waals surface area contributed by atoms with Crippen molar-refractivity contribution < 1.29 is 4.79 Å². The molecule has 0 bridgehead atoms. The maximum atomic E-state index is 12.3. The molecule has 0 radical (unpaired) electrons. The topological polar surface area (TPSA) is 41.1 Å². The van der Waals surface area contributed by atoms with E-state index in [2.05, 4.69) is 24.5 Å². The van der Waals surface area contributed by atoms with Crippen molar-refractivity contribution in [3.8, 4) is 0 Å². The fraction of sp³-hybridized carbons (Fsp3) is 0.562. The number of nitrogens with one attached hydrogen (secondary N) is 2. The molecule has 1 fully saturated rings. The molecule has 2 unspecified atom stereocenters. The number of hydrogen-bond acceptors (Lipinski definition) is 2. The number of rotatable bonds is 6. The zero-order valence-electron chi connectivity index (χ0n) is 12.1. The lowest BCUT2D eigenvalue weighted by Gasteiger charge is -2.12. The Hall–Kier alpha value is -1.51. The molecule has 1 aliphatic carbocycles. The summed E-state index contributed by atoms with van der Waals surface area (Å²) in [7, 11) is 0. The summed E-state index contributed by atoms with van der Waals surface area (Å²) in [6.45, 7) is 7.21. The second-order valence-corrected chi connectivity index (χ2v) is 5.46. The van der Waals surface area contributed by atoms with Gasteiger partial charge in [0.25, 0.3) is 5.91 Å². The Bertz CT molecular complexity index is 456. The average Bonchev–Trinajstić information content (AvgIpc) is 3.15. The van der Waals surface area contributed by atoms with Gasteiger partial charge in [-0.3, -0.25) is 4.79 Å². The van der Waals surface area contributed by atoms with Gasteiger partial charge < -0.3 is 10.6 Å². The Morgan fingerprint density at radius 3 is 2.79 bits per heavy atom. The van der Waals surface area contributed by atoms with Crippen LogP contribution in [0.25, 0.3) is 0 Å². The van der Waals surface area contributed by atoms with Crippen molar-refractivity contribution in [2.45, 2.75) is 46.1 Å². The predicted molar refractivity (Wildman–Crippen MR) is 79.6 cm³/mol. The van der Waals surface area contributed by atoms with E-state index >= 15 is 0 Å². The van der Waals surface area contributed by atoms with E-state index in [1.54, 1.807) is 0 Å². The van der Waals surface area contributed by atoms with E-state index in [1.807, 2.05) is 25.1 Å². The molecular formula is C16H24N2O. The van der Waals surface area contributed by atoms with Crippen molar-refractivity contribution in [3.05, 3.63) is 29.3 Å². The molecule has 2 atom stereocenters. The van der Waals surface area contributed by atoms with E-state index in [0.717, 1.165) is 42.6 Å². The third kappa shape index (κ3) is 3.49. The van der Waals surface area contributed by atoms with Crippen LogP contribution in [0.15, 0.2) is 18.2 Å². The van der Waals surface area contributed by atoms with Gasteiger partial charge in [0.05, 0.1) is 5.56 Å². The first kappa shape index (κ1) is 13.9. The normalized spacial score (nSPS) is 21.0. The SMILES string of the molecule is CCCNc1ccc(C)cc1C(=O)NC1CC1CC. The predicted octanol–water partition coefficient (Wildman–Crippen LogP) is 3.35. The van der Waals surface area contributed by atoms with Crippen LogP contribution >= 0.6 is 0 Å². The van der Waals surface area contributed by atoms with E-state index < -0.39 is 0 Å². The van der Waals surface area contributed by atoms with Crippen molar-refractivity contribution in [1.82, 2.24) is 5.32 Å². The molecule has 0 aromatic heterocycles. The molecule has 19 heavy (non-hydrogen) atoms. The van der Waals surface area contributed by atoms with Gasteiger partial charge in [-0.1, -0.05) is 31.9 Å². The zero-order chi connectivity index (χ0) is 13.8. The van der Waals surface area contributed by atoms with Crippen LogP contribution in [0.2, 0.25) is 0 Å². The van der Waals surface area contributed by atoms with Crippen LogP contribution in [0.4, 0.5) is 5.69 Å². The van der Waals surface area contributed by atoms with Crippen molar-refractivity contribution in [1.29, 1.82) is 0 Å². The molecule has 2 rings (SSSR count). The zero-order valence-corrected chi connectivity index (χ0v) is 12.1. The Labute approximate surface area is 115 Å². The highest BCUT2D eigenvalue weighted by Crippen LogP contribution is 2.33. The van der Waals surface area contributed by atoms with Gasteiger partial charge in [-0.05, 0) is 37.8 Å². The maximum absolute atomic E-state index is 12.3. The molecule has 1 aromatic carbocycles. The third-order valence-electron chi connectivity index (χ3n) is 3.75. The Balaban J connectivity index is 2.08. The number of amides is 1. The molecule has 0 heterocycles. The average molecular weight is 260 g/mol. The molecule has 1 saturated carbocycles. The van der Waals surface area contributed by atoms with Gasteiger partial charge >= 0.3 is 0 Å². The van der Waals surface area contributed by atoms with Crippen molar-refractivity contribution in [2.75, 3.05) is 11.9 Å². The summed E-state index contributed by atoms with van der Waals surface area (Å²) in [5.74, 6) is 0.740. The molecule has 0 aliphatic heterocycles. The minimum atomic E-state index is 0.0586. The van der Waals surface area contributed by atoms with E-state index in [9.17, 15) is 4.79 Å². The van der Waals surface area contributed by atoms with E-state index in [0.29, 0.717) is 12.0 Å². The molecule has 0 saturated heterocycles. The van der Waals surface area contributed by atoms with Gasteiger partial charge in [0.1, 0.15) is 0 Å². The number of aryl methyl sites for hydroxylation is 1. The van der Waals surface area contributed by atoms with Crippen LogP contribution in [0, 0.1) is 12.8 Å². The van der Waals surface area contributed by atoms with Crippen LogP contribution in [0.5, 0.6) is 0 Å². The first-order valence-corrected chi connectivity index (χ1v) is 7.31. The lowest BCUT2D eigenvalue weighted by Crippen LogP contribution is -2.27. The van der Waals surface area contributed by atoms with E-state index in [4.69, 9.17) is 0 Å². The first-order chi connectivity index (χ1) is 9.15. The van der Waals surface area contributed by atoms with E-state index in [-0.39, 0.29) is 5.91 Å². The van der Waals surface area contributed by atoms with Gasteiger partial charge in [-0.25, -0.2) is 0 Å². The smallest absolute Gasteiger partial charge is 0.253 e. The summed E-state index contributed by atoms with van der Waals surface area (Å²) in [6, 6.07) is 6.40. The third-order valence-corrected chi connectivity index (χ3v) is 3.75. The molecular weight excluding hydrogens is 236 g/mol. The fourth-order valence-corrected chi connectivity index (χ4v) is 2.38. The Morgan fingerprint density at radius 1 is 1.37 bits per heavy atom. The molecule has 1 amide bonds. The Kier molecular flexibility index (Phi) is 4.46. The van der Waals surface area contributed by atoms with Crippen LogP contribution < -0.4 is 10.6 Å². The number of hydrogen-bond donors (Lipinski definition) is 2. The molecule has 2 N–H and O–H groups in total. The number of anilines is 1. The molecule has 1 aromatic rings. The molecule has 1 aliphatic rings. The van der Waals surface area contributed by atoms with Gasteiger partial charge in [0, 0.05) is 18.3 Å². The molecule has 0 spiro atoms. The van der Waals surface area contributed by atoms with Crippen LogP contribution in [-0.2, 0) is 0 Å².